The zero-order chi connectivity index (χ0) is 53.1. The van der Waals surface area contributed by atoms with Gasteiger partial charge in [0.05, 0.1) is 32.0 Å². The lowest BCUT2D eigenvalue weighted by Gasteiger charge is -2.40. The van der Waals surface area contributed by atoms with Crippen LogP contribution < -0.4 is 5.32 Å². The first-order valence-corrected chi connectivity index (χ1v) is 30.8. The summed E-state index contributed by atoms with van der Waals surface area (Å²) in [4.78, 5) is 25.1. The van der Waals surface area contributed by atoms with E-state index in [4.69, 9.17) is 14.2 Å². The molecule has 0 aromatic heterocycles. The average molecular weight is 1030 g/mol. The van der Waals surface area contributed by atoms with Gasteiger partial charge in [-0.1, -0.05) is 243 Å². The SMILES string of the molecule is CCCCCCCCC/C=C/C(O)C(COC1OC(CO)C(O)C(O)C1O)NC(=O)CCCCCCCCCCCC/C=C\C=C/CCCCCOC(=O)CCCCCCCCCCCCCCCCCCC. The van der Waals surface area contributed by atoms with Crippen LogP contribution in [-0.2, 0) is 23.8 Å². The van der Waals surface area contributed by atoms with Gasteiger partial charge in [-0.2, -0.15) is 0 Å². The Kier molecular flexibility index (Phi) is 49.0. The number of esters is 1. The summed E-state index contributed by atoms with van der Waals surface area (Å²) in [6.45, 7) is 4.28. The Balaban J connectivity index is 2.03. The second kappa shape index (κ2) is 52.0. The maximum Gasteiger partial charge on any atom is 0.305 e. The molecular formula is C62H115NO10. The number of aliphatic hydroxyl groups is 5. The van der Waals surface area contributed by atoms with Crippen molar-refractivity contribution in [3.8, 4) is 0 Å². The van der Waals surface area contributed by atoms with E-state index in [1.54, 1.807) is 6.08 Å². The van der Waals surface area contributed by atoms with E-state index in [9.17, 15) is 35.1 Å². The summed E-state index contributed by atoms with van der Waals surface area (Å²) >= 11 is 0. The fourth-order valence-corrected chi connectivity index (χ4v) is 9.60. The van der Waals surface area contributed by atoms with Gasteiger partial charge in [0.25, 0.3) is 0 Å². The number of carbonyl (C=O) groups is 2. The van der Waals surface area contributed by atoms with E-state index in [2.05, 4.69) is 43.5 Å². The molecule has 1 saturated heterocycles. The minimum atomic E-state index is -1.57. The largest absolute Gasteiger partial charge is 0.466 e. The summed E-state index contributed by atoms with van der Waals surface area (Å²) in [7, 11) is 0. The van der Waals surface area contributed by atoms with Gasteiger partial charge in [-0.05, 0) is 64.2 Å². The smallest absolute Gasteiger partial charge is 0.305 e. The van der Waals surface area contributed by atoms with Gasteiger partial charge in [0.15, 0.2) is 6.29 Å². The zero-order valence-corrected chi connectivity index (χ0v) is 47.1. The highest BCUT2D eigenvalue weighted by Crippen LogP contribution is 2.23. The number of ether oxygens (including phenoxy) is 3. The quantitative estimate of drug-likeness (QED) is 0.0149. The van der Waals surface area contributed by atoms with Crippen LogP contribution in [0.25, 0.3) is 0 Å². The van der Waals surface area contributed by atoms with Gasteiger partial charge in [-0.25, -0.2) is 0 Å². The Morgan fingerprint density at radius 3 is 1.36 bits per heavy atom. The van der Waals surface area contributed by atoms with Gasteiger partial charge in [-0.3, -0.25) is 9.59 Å². The van der Waals surface area contributed by atoms with Crippen molar-refractivity contribution < 1.29 is 49.3 Å². The summed E-state index contributed by atoms with van der Waals surface area (Å²) in [5.41, 5.74) is 0. The minimum absolute atomic E-state index is 0.0245. The van der Waals surface area contributed by atoms with Crippen molar-refractivity contribution in [3.63, 3.8) is 0 Å². The predicted molar refractivity (Wildman–Crippen MR) is 301 cm³/mol. The first kappa shape index (κ1) is 68.9. The van der Waals surface area contributed by atoms with Crippen molar-refractivity contribution in [2.45, 2.75) is 326 Å². The highest BCUT2D eigenvalue weighted by atomic mass is 16.7. The molecule has 1 rings (SSSR count). The first-order valence-electron chi connectivity index (χ1n) is 30.8. The highest BCUT2D eigenvalue weighted by molar-refractivity contribution is 5.76. The lowest BCUT2D eigenvalue weighted by Crippen LogP contribution is -2.60. The van der Waals surface area contributed by atoms with Gasteiger partial charge in [0.1, 0.15) is 24.4 Å². The van der Waals surface area contributed by atoms with Crippen LogP contribution in [0, 0.1) is 0 Å². The number of allylic oxidation sites excluding steroid dienone is 5. The van der Waals surface area contributed by atoms with Crippen molar-refractivity contribution in [3.05, 3.63) is 36.5 Å². The molecule has 6 N–H and O–H groups in total. The van der Waals surface area contributed by atoms with Gasteiger partial charge < -0.3 is 45.1 Å². The van der Waals surface area contributed by atoms with Crippen molar-refractivity contribution in [2.75, 3.05) is 19.8 Å². The molecule has 1 aliphatic rings. The molecule has 0 bridgehead atoms. The lowest BCUT2D eigenvalue weighted by atomic mass is 9.99. The third kappa shape index (κ3) is 41.7. The van der Waals surface area contributed by atoms with Crippen molar-refractivity contribution in [1.82, 2.24) is 5.32 Å². The maximum atomic E-state index is 13.0. The van der Waals surface area contributed by atoms with Crippen LogP contribution >= 0.6 is 0 Å². The molecule has 1 amide bonds. The van der Waals surface area contributed by atoms with Crippen LogP contribution in [-0.4, -0.2) is 100 Å². The number of carbonyl (C=O) groups excluding carboxylic acids is 2. The van der Waals surface area contributed by atoms with E-state index in [0.29, 0.717) is 19.4 Å². The molecule has 0 radical (unpaired) electrons. The predicted octanol–water partition coefficient (Wildman–Crippen LogP) is 14.3. The normalized spacial score (nSPS) is 19.1. The fraction of sp³-hybridized carbons (Fsp3) is 0.871. The van der Waals surface area contributed by atoms with Crippen LogP contribution in [0.2, 0.25) is 0 Å². The van der Waals surface area contributed by atoms with Gasteiger partial charge in [0.2, 0.25) is 5.91 Å². The Hall–Kier alpha value is -2.12. The Morgan fingerprint density at radius 1 is 0.507 bits per heavy atom. The second-order valence-corrected chi connectivity index (χ2v) is 21.4. The molecule has 11 heteroatoms. The summed E-state index contributed by atoms with van der Waals surface area (Å²) in [5.74, 6) is -0.218. The monoisotopic (exact) mass is 1030 g/mol. The molecule has 428 valence electrons. The minimum Gasteiger partial charge on any atom is -0.466 e. The molecule has 0 spiro atoms. The summed E-state index contributed by atoms with van der Waals surface area (Å²) < 4.78 is 16.7. The third-order valence-corrected chi connectivity index (χ3v) is 14.5. The Morgan fingerprint density at radius 2 is 0.904 bits per heavy atom. The molecule has 0 saturated carbocycles. The topological polar surface area (TPSA) is 175 Å². The van der Waals surface area contributed by atoms with E-state index in [1.165, 1.54) is 167 Å². The Bertz CT molecular complexity index is 1310. The molecule has 7 atom stereocenters. The van der Waals surface area contributed by atoms with Crippen molar-refractivity contribution >= 4 is 11.9 Å². The molecule has 0 aliphatic carbocycles. The average Bonchev–Trinajstić information content (AvgIpc) is 3.39. The molecule has 0 aromatic carbocycles. The number of hydrogen-bond donors (Lipinski definition) is 6. The molecule has 73 heavy (non-hydrogen) atoms. The van der Waals surface area contributed by atoms with E-state index in [0.717, 1.165) is 89.9 Å². The molecule has 1 aliphatic heterocycles. The Labute approximate surface area is 447 Å². The molecule has 7 unspecified atom stereocenters. The molecule has 11 nitrogen and oxygen atoms in total. The van der Waals surface area contributed by atoms with Crippen LogP contribution in [0.3, 0.4) is 0 Å². The highest BCUT2D eigenvalue weighted by Gasteiger charge is 2.44. The number of hydrogen-bond acceptors (Lipinski definition) is 10. The van der Waals surface area contributed by atoms with Crippen molar-refractivity contribution in [2.24, 2.45) is 0 Å². The molecule has 1 fully saturated rings. The summed E-state index contributed by atoms with van der Waals surface area (Å²) in [6, 6.07) is -0.816. The lowest BCUT2D eigenvalue weighted by molar-refractivity contribution is -0.302. The molecular weight excluding hydrogens is 919 g/mol. The molecule has 0 aromatic rings. The van der Waals surface area contributed by atoms with Crippen LogP contribution in [0.5, 0.6) is 0 Å². The number of unbranched alkanes of at least 4 members (excludes halogenated alkanes) is 36. The van der Waals surface area contributed by atoms with Crippen LogP contribution in [0.4, 0.5) is 0 Å². The van der Waals surface area contributed by atoms with E-state index < -0.39 is 49.5 Å². The summed E-state index contributed by atoms with van der Waals surface area (Å²) in [6.07, 6.45) is 54.0. The standard InChI is InChI=1S/C62H115NO10/c1-3-5-7-9-11-13-14-15-16-20-24-27-30-34-38-42-46-50-58(67)71-51-47-43-39-35-31-28-25-22-19-17-18-21-23-26-29-33-37-41-45-49-57(66)63-54(55(65)48-44-40-36-32-12-10-8-6-4-2)53-72-62-61(70)60(69)59(68)56(52-64)73-62/h22,25,28,31,44,48,54-56,59-62,64-65,68-70H,3-21,23-24,26-27,29-30,32-43,45-47,49-53H2,1-2H3,(H,63,66)/b25-22-,31-28-,48-44+. The van der Waals surface area contributed by atoms with Gasteiger partial charge >= 0.3 is 5.97 Å². The number of aliphatic hydroxyl groups excluding tert-OH is 5. The van der Waals surface area contributed by atoms with Crippen LogP contribution in [0.15, 0.2) is 36.5 Å². The van der Waals surface area contributed by atoms with Crippen molar-refractivity contribution in [1.29, 1.82) is 0 Å². The third-order valence-electron chi connectivity index (χ3n) is 14.5. The number of nitrogens with one attached hydrogen (secondary N) is 1. The second-order valence-electron chi connectivity index (χ2n) is 21.4. The zero-order valence-electron chi connectivity index (χ0n) is 47.1. The maximum absolute atomic E-state index is 13.0. The van der Waals surface area contributed by atoms with E-state index in [-0.39, 0.29) is 18.5 Å². The summed E-state index contributed by atoms with van der Waals surface area (Å²) in [5, 5.41) is 54.2. The van der Waals surface area contributed by atoms with Crippen LogP contribution in [0.1, 0.15) is 284 Å². The molecule has 1 heterocycles. The first-order chi connectivity index (χ1) is 35.7. The van der Waals surface area contributed by atoms with Gasteiger partial charge in [-0.15, -0.1) is 0 Å². The van der Waals surface area contributed by atoms with E-state index in [1.807, 2.05) is 6.08 Å². The van der Waals surface area contributed by atoms with E-state index >= 15 is 0 Å². The number of amides is 1. The fourth-order valence-electron chi connectivity index (χ4n) is 9.60. The van der Waals surface area contributed by atoms with Gasteiger partial charge in [0, 0.05) is 12.8 Å². The number of rotatable bonds is 53.